The zero-order valence-corrected chi connectivity index (χ0v) is 8.63. The van der Waals surface area contributed by atoms with Crippen LogP contribution < -0.4 is 5.32 Å². The number of anilines is 1. The number of carbonyl (C=O) groups is 1. The molecule has 1 N–H and O–H groups in total. The van der Waals surface area contributed by atoms with Gasteiger partial charge in [-0.25, -0.2) is 4.79 Å². The molecule has 0 aromatic carbocycles. The van der Waals surface area contributed by atoms with Crippen molar-refractivity contribution >= 4 is 11.7 Å². The van der Waals surface area contributed by atoms with Crippen molar-refractivity contribution in [3.8, 4) is 0 Å². The largest absolute Gasteiger partial charge is 0.462 e. The second-order valence-corrected chi connectivity index (χ2v) is 2.84. The van der Waals surface area contributed by atoms with Crippen molar-refractivity contribution in [1.29, 1.82) is 0 Å². The summed E-state index contributed by atoms with van der Waals surface area (Å²) in [6, 6.07) is 1.81. The monoisotopic (exact) mass is 194 g/mol. The number of carbonyl (C=O) groups excluding carboxylic acids is 1. The summed E-state index contributed by atoms with van der Waals surface area (Å²) in [6.45, 7) is 4.02. The Morgan fingerprint density at radius 2 is 2.36 bits per heavy atom. The third kappa shape index (κ3) is 2.22. The first-order valence-electron chi connectivity index (χ1n) is 4.50. The zero-order valence-electron chi connectivity index (χ0n) is 8.63. The van der Waals surface area contributed by atoms with Crippen molar-refractivity contribution in [3.05, 3.63) is 23.5 Å². The Hall–Kier alpha value is -1.58. The lowest BCUT2D eigenvalue weighted by atomic mass is 10.2. The van der Waals surface area contributed by atoms with Gasteiger partial charge in [0.05, 0.1) is 12.3 Å². The molecule has 0 bridgehead atoms. The number of aromatic nitrogens is 1. The van der Waals surface area contributed by atoms with Gasteiger partial charge in [0, 0.05) is 18.9 Å². The number of aryl methyl sites for hydroxylation is 1. The highest BCUT2D eigenvalue weighted by Crippen LogP contribution is 2.15. The van der Waals surface area contributed by atoms with Gasteiger partial charge < -0.3 is 10.1 Å². The van der Waals surface area contributed by atoms with E-state index in [4.69, 9.17) is 4.74 Å². The molecule has 1 aromatic heterocycles. The predicted molar refractivity (Wildman–Crippen MR) is 54.5 cm³/mol. The van der Waals surface area contributed by atoms with Gasteiger partial charge in [-0.3, -0.25) is 4.98 Å². The fourth-order valence-electron chi connectivity index (χ4n) is 1.14. The summed E-state index contributed by atoms with van der Waals surface area (Å²) >= 11 is 0. The van der Waals surface area contributed by atoms with Gasteiger partial charge in [-0.2, -0.15) is 0 Å². The number of pyridine rings is 1. The van der Waals surface area contributed by atoms with Crippen molar-refractivity contribution in [2.24, 2.45) is 0 Å². The molecule has 0 radical (unpaired) electrons. The molecule has 0 aliphatic heterocycles. The summed E-state index contributed by atoms with van der Waals surface area (Å²) in [5.74, 6) is -0.343. The molecule has 1 aromatic rings. The number of rotatable bonds is 3. The van der Waals surface area contributed by atoms with Gasteiger partial charge in [0.25, 0.3) is 0 Å². The van der Waals surface area contributed by atoms with Crippen LogP contribution in [0.4, 0.5) is 5.69 Å². The summed E-state index contributed by atoms with van der Waals surface area (Å²) in [7, 11) is 1.76. The molecule has 1 heterocycles. The lowest BCUT2D eigenvalue weighted by Gasteiger charge is -2.08. The van der Waals surface area contributed by atoms with Gasteiger partial charge in [0.1, 0.15) is 5.56 Å². The van der Waals surface area contributed by atoms with Gasteiger partial charge in [0.2, 0.25) is 0 Å². The summed E-state index contributed by atoms with van der Waals surface area (Å²) in [5.41, 5.74) is 2.08. The molecule has 0 aliphatic carbocycles. The fourth-order valence-corrected chi connectivity index (χ4v) is 1.14. The minimum absolute atomic E-state index is 0.343. The standard InChI is InChI=1S/C10H14N2O2/c1-4-14-10(13)8-6-12-7(2)5-9(8)11-3/h5-6H,4H2,1-3H3,(H,11,12). The van der Waals surface area contributed by atoms with Gasteiger partial charge >= 0.3 is 5.97 Å². The quantitative estimate of drug-likeness (QED) is 0.743. The molecule has 0 spiro atoms. The zero-order chi connectivity index (χ0) is 10.6. The van der Waals surface area contributed by atoms with E-state index in [0.717, 1.165) is 11.4 Å². The molecule has 4 nitrogen and oxygen atoms in total. The second-order valence-electron chi connectivity index (χ2n) is 2.84. The number of esters is 1. The topological polar surface area (TPSA) is 51.2 Å². The summed E-state index contributed by atoms with van der Waals surface area (Å²) < 4.78 is 4.89. The maximum Gasteiger partial charge on any atom is 0.341 e. The molecular formula is C10H14N2O2. The minimum atomic E-state index is -0.343. The Morgan fingerprint density at radius 3 is 2.93 bits per heavy atom. The highest BCUT2D eigenvalue weighted by Gasteiger charge is 2.11. The van der Waals surface area contributed by atoms with Gasteiger partial charge in [-0.1, -0.05) is 0 Å². The number of ether oxygens (including phenoxy) is 1. The first-order valence-corrected chi connectivity index (χ1v) is 4.50. The van der Waals surface area contributed by atoms with E-state index in [1.165, 1.54) is 6.20 Å². The van der Waals surface area contributed by atoms with Crippen LogP contribution in [0.15, 0.2) is 12.3 Å². The molecule has 0 fully saturated rings. The highest BCUT2D eigenvalue weighted by molar-refractivity contribution is 5.95. The molecule has 0 amide bonds. The maximum absolute atomic E-state index is 11.4. The number of nitrogens with one attached hydrogen (secondary N) is 1. The number of hydrogen-bond donors (Lipinski definition) is 1. The average Bonchev–Trinajstić information content (AvgIpc) is 2.17. The van der Waals surface area contributed by atoms with Crippen LogP contribution >= 0.6 is 0 Å². The van der Waals surface area contributed by atoms with Crippen molar-refractivity contribution < 1.29 is 9.53 Å². The van der Waals surface area contributed by atoms with E-state index in [0.29, 0.717) is 12.2 Å². The predicted octanol–water partition coefficient (Wildman–Crippen LogP) is 1.61. The summed E-state index contributed by atoms with van der Waals surface area (Å²) in [4.78, 5) is 15.5. The van der Waals surface area contributed by atoms with Crippen LogP contribution in [-0.4, -0.2) is 24.6 Å². The molecule has 76 valence electrons. The highest BCUT2D eigenvalue weighted by atomic mass is 16.5. The van der Waals surface area contributed by atoms with Crippen LogP contribution in [0.2, 0.25) is 0 Å². The molecule has 0 atom stereocenters. The third-order valence-electron chi connectivity index (χ3n) is 1.81. The Labute approximate surface area is 83.3 Å². The van der Waals surface area contributed by atoms with E-state index in [1.807, 2.05) is 13.0 Å². The van der Waals surface area contributed by atoms with Crippen molar-refractivity contribution in [1.82, 2.24) is 4.98 Å². The maximum atomic E-state index is 11.4. The van der Waals surface area contributed by atoms with Crippen LogP contribution in [0.1, 0.15) is 23.0 Å². The molecule has 14 heavy (non-hydrogen) atoms. The molecule has 0 aliphatic rings. The van der Waals surface area contributed by atoms with Crippen molar-refractivity contribution in [3.63, 3.8) is 0 Å². The van der Waals surface area contributed by atoms with Crippen LogP contribution in [0.25, 0.3) is 0 Å². The van der Waals surface area contributed by atoms with Crippen molar-refractivity contribution in [2.45, 2.75) is 13.8 Å². The van der Waals surface area contributed by atoms with Crippen molar-refractivity contribution in [2.75, 3.05) is 19.0 Å². The normalized spacial score (nSPS) is 9.64. The average molecular weight is 194 g/mol. The molecule has 4 heteroatoms. The second kappa shape index (κ2) is 4.60. The SMILES string of the molecule is CCOC(=O)c1cnc(C)cc1NC. The van der Waals surface area contributed by atoms with Crippen LogP contribution in [0, 0.1) is 6.92 Å². The van der Waals surface area contributed by atoms with Crippen LogP contribution in [-0.2, 0) is 4.74 Å². The smallest absolute Gasteiger partial charge is 0.341 e. The van der Waals surface area contributed by atoms with Crippen LogP contribution in [0.5, 0.6) is 0 Å². The number of nitrogens with zero attached hydrogens (tertiary/aromatic N) is 1. The van der Waals surface area contributed by atoms with E-state index in [2.05, 4.69) is 10.3 Å². The van der Waals surface area contributed by atoms with E-state index >= 15 is 0 Å². The molecule has 1 rings (SSSR count). The van der Waals surface area contributed by atoms with E-state index < -0.39 is 0 Å². The molecule has 0 unspecified atom stereocenters. The first kappa shape index (κ1) is 10.5. The van der Waals surface area contributed by atoms with E-state index in [-0.39, 0.29) is 5.97 Å². The van der Waals surface area contributed by atoms with Gasteiger partial charge in [0.15, 0.2) is 0 Å². The minimum Gasteiger partial charge on any atom is -0.462 e. The van der Waals surface area contributed by atoms with Crippen LogP contribution in [0.3, 0.4) is 0 Å². The Balaban J connectivity index is 3.01. The first-order chi connectivity index (χ1) is 6.69. The third-order valence-corrected chi connectivity index (χ3v) is 1.81. The Kier molecular flexibility index (Phi) is 3.45. The summed E-state index contributed by atoms with van der Waals surface area (Å²) in [6.07, 6.45) is 1.53. The molecule has 0 saturated carbocycles. The number of hydrogen-bond acceptors (Lipinski definition) is 4. The molecule has 0 saturated heterocycles. The van der Waals surface area contributed by atoms with E-state index in [9.17, 15) is 4.79 Å². The van der Waals surface area contributed by atoms with Gasteiger partial charge in [-0.05, 0) is 19.9 Å². The van der Waals surface area contributed by atoms with Gasteiger partial charge in [-0.15, -0.1) is 0 Å². The Bertz CT molecular complexity index is 337. The lowest BCUT2D eigenvalue weighted by Crippen LogP contribution is -2.09. The van der Waals surface area contributed by atoms with E-state index in [1.54, 1.807) is 14.0 Å². The summed E-state index contributed by atoms with van der Waals surface area (Å²) in [5, 5.41) is 2.93. The molecular weight excluding hydrogens is 180 g/mol. The Morgan fingerprint density at radius 1 is 1.64 bits per heavy atom. The fraction of sp³-hybridized carbons (Fsp3) is 0.400. The lowest BCUT2D eigenvalue weighted by molar-refractivity contribution is 0.0527.